The fraction of sp³-hybridized carbons (Fsp3) is 0.538. The molecule has 2 rings (SSSR count). The lowest BCUT2D eigenvalue weighted by Gasteiger charge is -2.18. The summed E-state index contributed by atoms with van der Waals surface area (Å²) in [6.45, 7) is 4.60. The molecule has 1 unspecified atom stereocenters. The number of aliphatic hydroxyl groups excluding tert-OH is 1. The number of aliphatic hydroxyl groups is 1. The normalized spacial score (nSPS) is 20.9. The molecule has 0 saturated carbocycles. The number of benzene rings is 1. The van der Waals surface area contributed by atoms with Crippen LogP contribution in [-0.4, -0.2) is 37.5 Å². The molecular weight excluding hydrogens is 264 g/mol. The van der Waals surface area contributed by atoms with Crippen LogP contribution in [0.3, 0.4) is 0 Å². The molecule has 1 atom stereocenters. The first-order valence-corrected chi connectivity index (χ1v) is 7.78. The molecule has 106 valence electrons. The maximum absolute atomic E-state index is 12.5. The van der Waals surface area contributed by atoms with Gasteiger partial charge in [0, 0.05) is 19.7 Å². The zero-order valence-electron chi connectivity index (χ0n) is 11.3. The molecule has 1 aliphatic heterocycles. The molecule has 1 aromatic carbocycles. The van der Waals surface area contributed by atoms with Crippen molar-refractivity contribution in [2.24, 2.45) is 5.92 Å². The molecule has 0 aromatic heterocycles. The third kappa shape index (κ3) is 2.61. The highest BCUT2D eigenvalue weighted by Crippen LogP contribution is 2.29. The van der Waals surface area contributed by atoms with Crippen LogP contribution < -0.4 is 5.73 Å². The third-order valence-electron chi connectivity index (χ3n) is 3.75. The number of nitrogens with zero attached hydrogens (tertiary/aromatic N) is 1. The predicted octanol–water partition coefficient (Wildman–Crippen LogP) is 0.889. The van der Waals surface area contributed by atoms with Crippen LogP contribution in [0, 0.1) is 19.8 Å². The molecule has 19 heavy (non-hydrogen) atoms. The molecule has 3 N–H and O–H groups in total. The summed E-state index contributed by atoms with van der Waals surface area (Å²) < 4.78 is 26.5. The minimum atomic E-state index is -3.55. The van der Waals surface area contributed by atoms with Gasteiger partial charge in [0.25, 0.3) is 0 Å². The monoisotopic (exact) mass is 284 g/mol. The lowest BCUT2D eigenvalue weighted by Crippen LogP contribution is -2.30. The summed E-state index contributed by atoms with van der Waals surface area (Å²) in [4.78, 5) is 0.175. The van der Waals surface area contributed by atoms with E-state index in [-0.39, 0.29) is 23.1 Å². The maximum atomic E-state index is 12.5. The number of nitrogen functional groups attached to an aromatic ring is 1. The van der Waals surface area contributed by atoms with Gasteiger partial charge in [0.2, 0.25) is 10.0 Å². The first kappa shape index (κ1) is 14.3. The molecule has 6 heteroatoms. The van der Waals surface area contributed by atoms with Crippen LogP contribution in [0.1, 0.15) is 17.5 Å². The molecule has 0 bridgehead atoms. The Balaban J connectivity index is 2.38. The molecule has 1 aliphatic rings. The van der Waals surface area contributed by atoms with E-state index in [0.29, 0.717) is 19.5 Å². The fourth-order valence-electron chi connectivity index (χ4n) is 2.34. The van der Waals surface area contributed by atoms with Crippen molar-refractivity contribution in [1.29, 1.82) is 0 Å². The van der Waals surface area contributed by atoms with Crippen LogP contribution in [0.15, 0.2) is 17.0 Å². The molecule has 1 fully saturated rings. The SMILES string of the molecule is Cc1cc(N)c(S(=O)(=O)N2CCC(CO)C2)cc1C. The van der Waals surface area contributed by atoms with Gasteiger partial charge in [-0.2, -0.15) is 4.31 Å². The minimum absolute atomic E-state index is 0.0222. The third-order valence-corrected chi connectivity index (χ3v) is 5.67. The zero-order chi connectivity index (χ0) is 14.2. The average molecular weight is 284 g/mol. The molecule has 0 radical (unpaired) electrons. The largest absolute Gasteiger partial charge is 0.398 e. The standard InChI is InChI=1S/C13H20N2O3S/c1-9-5-12(14)13(6-10(9)2)19(17,18)15-4-3-11(7-15)8-16/h5-6,11,16H,3-4,7-8,14H2,1-2H3. The number of aryl methyl sites for hydroxylation is 2. The topological polar surface area (TPSA) is 83.6 Å². The minimum Gasteiger partial charge on any atom is -0.398 e. The molecule has 1 heterocycles. The Kier molecular flexibility index (Phi) is 3.85. The van der Waals surface area contributed by atoms with E-state index in [2.05, 4.69) is 0 Å². The van der Waals surface area contributed by atoms with E-state index in [4.69, 9.17) is 10.8 Å². The molecular formula is C13H20N2O3S. The van der Waals surface area contributed by atoms with E-state index in [9.17, 15) is 8.42 Å². The van der Waals surface area contributed by atoms with Crippen LogP contribution in [0.25, 0.3) is 0 Å². The number of hydrogen-bond donors (Lipinski definition) is 2. The van der Waals surface area contributed by atoms with Gasteiger partial charge in [-0.3, -0.25) is 0 Å². The van der Waals surface area contributed by atoms with Crippen molar-refractivity contribution in [3.63, 3.8) is 0 Å². The number of anilines is 1. The number of nitrogens with two attached hydrogens (primary N) is 1. The fourth-order valence-corrected chi connectivity index (χ4v) is 4.05. The molecule has 1 aromatic rings. The second kappa shape index (κ2) is 5.11. The van der Waals surface area contributed by atoms with Crippen molar-refractivity contribution in [2.45, 2.75) is 25.2 Å². The summed E-state index contributed by atoms with van der Waals surface area (Å²) >= 11 is 0. The van der Waals surface area contributed by atoms with Gasteiger partial charge in [-0.25, -0.2) is 8.42 Å². The summed E-state index contributed by atoms with van der Waals surface area (Å²) in [6, 6.07) is 3.33. The Morgan fingerprint density at radius 2 is 2.00 bits per heavy atom. The van der Waals surface area contributed by atoms with E-state index < -0.39 is 10.0 Å². The van der Waals surface area contributed by atoms with Gasteiger partial charge in [-0.05, 0) is 49.4 Å². The van der Waals surface area contributed by atoms with Gasteiger partial charge < -0.3 is 10.8 Å². The summed E-state index contributed by atoms with van der Waals surface area (Å²) in [5.41, 5.74) is 8.03. The van der Waals surface area contributed by atoms with Crippen LogP contribution in [-0.2, 0) is 10.0 Å². The van der Waals surface area contributed by atoms with Crippen LogP contribution in [0.4, 0.5) is 5.69 Å². The lowest BCUT2D eigenvalue weighted by molar-refractivity contribution is 0.233. The lowest BCUT2D eigenvalue weighted by atomic mass is 10.1. The Hall–Kier alpha value is -1.11. The van der Waals surface area contributed by atoms with E-state index in [1.165, 1.54) is 4.31 Å². The first-order valence-electron chi connectivity index (χ1n) is 6.34. The van der Waals surface area contributed by atoms with Gasteiger partial charge >= 0.3 is 0 Å². The molecule has 5 nitrogen and oxygen atoms in total. The van der Waals surface area contributed by atoms with Crippen molar-refractivity contribution in [3.05, 3.63) is 23.3 Å². The smallest absolute Gasteiger partial charge is 0.245 e. The van der Waals surface area contributed by atoms with Crippen LogP contribution in [0.5, 0.6) is 0 Å². The highest BCUT2D eigenvalue weighted by molar-refractivity contribution is 7.89. The number of rotatable bonds is 3. The van der Waals surface area contributed by atoms with E-state index in [1.54, 1.807) is 12.1 Å². The summed E-state index contributed by atoms with van der Waals surface area (Å²) in [6.07, 6.45) is 0.695. The second-order valence-electron chi connectivity index (χ2n) is 5.17. The first-order chi connectivity index (χ1) is 8.86. The Labute approximate surface area is 114 Å². The van der Waals surface area contributed by atoms with Crippen molar-refractivity contribution < 1.29 is 13.5 Å². The molecule has 1 saturated heterocycles. The van der Waals surface area contributed by atoms with E-state index >= 15 is 0 Å². The highest BCUT2D eigenvalue weighted by atomic mass is 32.2. The Bertz CT molecular complexity index is 584. The Morgan fingerprint density at radius 1 is 1.37 bits per heavy atom. The molecule has 0 amide bonds. The van der Waals surface area contributed by atoms with Crippen LogP contribution in [0.2, 0.25) is 0 Å². The van der Waals surface area contributed by atoms with Gasteiger partial charge in [-0.15, -0.1) is 0 Å². The zero-order valence-corrected chi connectivity index (χ0v) is 12.1. The van der Waals surface area contributed by atoms with Crippen molar-refractivity contribution >= 4 is 15.7 Å². The number of hydrogen-bond acceptors (Lipinski definition) is 4. The van der Waals surface area contributed by atoms with Crippen molar-refractivity contribution in [1.82, 2.24) is 4.31 Å². The summed E-state index contributed by atoms with van der Waals surface area (Å²) in [7, 11) is -3.55. The quantitative estimate of drug-likeness (QED) is 0.807. The average Bonchev–Trinajstić information content (AvgIpc) is 2.83. The molecule has 0 aliphatic carbocycles. The van der Waals surface area contributed by atoms with E-state index in [0.717, 1.165) is 11.1 Å². The summed E-state index contributed by atoms with van der Waals surface area (Å²) in [5, 5.41) is 9.11. The van der Waals surface area contributed by atoms with Gasteiger partial charge in [0.05, 0.1) is 5.69 Å². The van der Waals surface area contributed by atoms with Gasteiger partial charge in [0.1, 0.15) is 4.90 Å². The van der Waals surface area contributed by atoms with E-state index in [1.807, 2.05) is 13.8 Å². The molecule has 0 spiro atoms. The predicted molar refractivity (Wildman–Crippen MR) is 74.3 cm³/mol. The van der Waals surface area contributed by atoms with Gasteiger partial charge in [-0.1, -0.05) is 0 Å². The van der Waals surface area contributed by atoms with Crippen molar-refractivity contribution in [3.8, 4) is 0 Å². The summed E-state index contributed by atoms with van der Waals surface area (Å²) in [5.74, 6) is 0.0301. The highest BCUT2D eigenvalue weighted by Gasteiger charge is 2.33. The second-order valence-corrected chi connectivity index (χ2v) is 7.08. The number of sulfonamides is 1. The Morgan fingerprint density at radius 3 is 2.58 bits per heavy atom. The van der Waals surface area contributed by atoms with Crippen LogP contribution >= 0.6 is 0 Å². The van der Waals surface area contributed by atoms with Crippen molar-refractivity contribution in [2.75, 3.05) is 25.4 Å². The maximum Gasteiger partial charge on any atom is 0.245 e. The van der Waals surface area contributed by atoms with Gasteiger partial charge in [0.15, 0.2) is 0 Å².